The first-order valence-corrected chi connectivity index (χ1v) is 9.39. The fourth-order valence-electron chi connectivity index (χ4n) is 3.48. The molecule has 2 aromatic rings. The van der Waals surface area contributed by atoms with Gasteiger partial charge in [0.25, 0.3) is 5.91 Å². The van der Waals surface area contributed by atoms with Crippen LogP contribution in [0.4, 0.5) is 0 Å². The molecule has 3 rings (SSSR count). The Hall–Kier alpha value is -2.63. The van der Waals surface area contributed by atoms with E-state index in [0.29, 0.717) is 25.1 Å². The monoisotopic (exact) mass is 354 g/mol. The minimum atomic E-state index is -0.154. The van der Waals surface area contributed by atoms with Crippen molar-refractivity contribution in [3.63, 3.8) is 0 Å². The number of carbonyl (C=O) groups is 2. The quantitative estimate of drug-likeness (QED) is 0.750. The van der Waals surface area contributed by atoms with Crippen LogP contribution in [0, 0.1) is 5.92 Å². The number of rotatable bonds is 7. The summed E-state index contributed by atoms with van der Waals surface area (Å²) in [5.41, 5.74) is 2.40. The maximum absolute atomic E-state index is 12.5. The molecule has 2 N–H and O–H groups in total. The number of carbonyl (C=O) groups excluding carboxylic acids is 2. The summed E-state index contributed by atoms with van der Waals surface area (Å²) in [6.45, 7) is 2.88. The molecule has 2 amide bonds. The summed E-state index contributed by atoms with van der Waals surface area (Å²) in [7, 11) is 0. The predicted octanol–water partition coefficient (Wildman–Crippen LogP) is 2.47. The second kappa shape index (κ2) is 8.65. The highest BCUT2D eigenvalue weighted by molar-refractivity contribution is 5.95. The molecule has 138 valence electrons. The van der Waals surface area contributed by atoms with Gasteiger partial charge in [0.05, 0.1) is 23.1 Å². The Kier molecular flexibility index (Phi) is 6.04. The van der Waals surface area contributed by atoms with Crippen LogP contribution in [0.5, 0.6) is 0 Å². The highest BCUT2D eigenvalue weighted by Gasteiger charge is 2.22. The van der Waals surface area contributed by atoms with Gasteiger partial charge in [0.15, 0.2) is 0 Å². The summed E-state index contributed by atoms with van der Waals surface area (Å²) < 4.78 is 1.80. The molecule has 1 fully saturated rings. The summed E-state index contributed by atoms with van der Waals surface area (Å²) in [6.07, 6.45) is 6.56. The normalized spacial score (nSPS) is 14.3. The molecule has 0 bridgehead atoms. The van der Waals surface area contributed by atoms with Gasteiger partial charge in [0, 0.05) is 19.0 Å². The van der Waals surface area contributed by atoms with Gasteiger partial charge in [-0.2, -0.15) is 5.10 Å². The highest BCUT2D eigenvalue weighted by atomic mass is 16.2. The van der Waals surface area contributed by atoms with E-state index in [4.69, 9.17) is 0 Å². The molecule has 0 spiro atoms. The topological polar surface area (TPSA) is 76.0 Å². The van der Waals surface area contributed by atoms with Gasteiger partial charge in [-0.3, -0.25) is 9.59 Å². The summed E-state index contributed by atoms with van der Waals surface area (Å²) in [5.74, 6) is 0.114. The molecule has 1 aromatic heterocycles. The molecule has 0 saturated heterocycles. The van der Waals surface area contributed by atoms with Gasteiger partial charge in [-0.25, -0.2) is 4.68 Å². The van der Waals surface area contributed by atoms with E-state index in [-0.39, 0.29) is 17.7 Å². The van der Waals surface area contributed by atoms with E-state index in [9.17, 15) is 9.59 Å². The van der Waals surface area contributed by atoms with E-state index < -0.39 is 0 Å². The third-order valence-corrected chi connectivity index (χ3v) is 4.88. The lowest BCUT2D eigenvalue weighted by Crippen LogP contribution is -2.37. The Bertz CT molecular complexity index is 748. The maximum Gasteiger partial charge on any atom is 0.254 e. The zero-order valence-electron chi connectivity index (χ0n) is 15.2. The minimum Gasteiger partial charge on any atom is -0.354 e. The van der Waals surface area contributed by atoms with Crippen LogP contribution < -0.4 is 10.6 Å². The first kappa shape index (κ1) is 18.2. The molecule has 1 aliphatic carbocycles. The molecule has 26 heavy (non-hydrogen) atoms. The third-order valence-electron chi connectivity index (χ3n) is 4.88. The SMILES string of the molecule is CCc1c(C(=O)NCCNC(=O)C2CCCC2)cnn1-c1ccccc1. The number of hydrogen-bond acceptors (Lipinski definition) is 3. The summed E-state index contributed by atoms with van der Waals surface area (Å²) in [5, 5.41) is 10.2. The Balaban J connectivity index is 1.55. The number of hydrogen-bond donors (Lipinski definition) is 2. The number of nitrogens with zero attached hydrogens (tertiary/aromatic N) is 2. The number of amides is 2. The van der Waals surface area contributed by atoms with Crippen LogP contribution in [0.3, 0.4) is 0 Å². The van der Waals surface area contributed by atoms with Crippen molar-refractivity contribution in [2.45, 2.75) is 39.0 Å². The van der Waals surface area contributed by atoms with E-state index >= 15 is 0 Å². The largest absolute Gasteiger partial charge is 0.354 e. The van der Waals surface area contributed by atoms with Crippen molar-refractivity contribution < 1.29 is 9.59 Å². The number of nitrogens with one attached hydrogen (secondary N) is 2. The fraction of sp³-hybridized carbons (Fsp3) is 0.450. The van der Waals surface area contributed by atoms with E-state index in [2.05, 4.69) is 15.7 Å². The minimum absolute atomic E-state index is 0.114. The van der Waals surface area contributed by atoms with E-state index in [1.54, 1.807) is 10.9 Å². The van der Waals surface area contributed by atoms with Gasteiger partial charge in [-0.05, 0) is 31.4 Å². The second-order valence-electron chi connectivity index (χ2n) is 6.63. The van der Waals surface area contributed by atoms with Crippen LogP contribution in [0.2, 0.25) is 0 Å². The van der Waals surface area contributed by atoms with Gasteiger partial charge in [-0.15, -0.1) is 0 Å². The third kappa shape index (κ3) is 4.12. The lowest BCUT2D eigenvalue weighted by Gasteiger charge is -2.11. The van der Waals surface area contributed by atoms with Gasteiger partial charge >= 0.3 is 0 Å². The van der Waals surface area contributed by atoms with Crippen molar-refractivity contribution in [1.82, 2.24) is 20.4 Å². The van der Waals surface area contributed by atoms with Crippen molar-refractivity contribution in [2.75, 3.05) is 13.1 Å². The zero-order chi connectivity index (χ0) is 18.4. The van der Waals surface area contributed by atoms with E-state index in [1.165, 1.54) is 0 Å². The molecule has 0 atom stereocenters. The Morgan fingerprint density at radius 1 is 1.12 bits per heavy atom. The van der Waals surface area contributed by atoms with Crippen molar-refractivity contribution in [1.29, 1.82) is 0 Å². The molecule has 1 heterocycles. The van der Waals surface area contributed by atoms with Gasteiger partial charge < -0.3 is 10.6 Å². The average Bonchev–Trinajstić information content (AvgIpc) is 3.35. The molecule has 6 nitrogen and oxygen atoms in total. The molecule has 1 aromatic carbocycles. The average molecular weight is 354 g/mol. The first-order chi connectivity index (χ1) is 12.7. The smallest absolute Gasteiger partial charge is 0.254 e. The summed E-state index contributed by atoms with van der Waals surface area (Å²) in [6, 6.07) is 9.78. The second-order valence-corrected chi connectivity index (χ2v) is 6.63. The van der Waals surface area contributed by atoms with E-state index in [0.717, 1.165) is 37.1 Å². The molecule has 0 aliphatic heterocycles. The van der Waals surface area contributed by atoms with Crippen LogP contribution in [0.25, 0.3) is 5.69 Å². The number of benzene rings is 1. The van der Waals surface area contributed by atoms with Crippen molar-refractivity contribution in [2.24, 2.45) is 5.92 Å². The number of para-hydroxylation sites is 1. The van der Waals surface area contributed by atoms with E-state index in [1.807, 2.05) is 37.3 Å². The van der Waals surface area contributed by atoms with Crippen molar-refractivity contribution in [3.8, 4) is 5.69 Å². The summed E-state index contributed by atoms with van der Waals surface area (Å²) in [4.78, 5) is 24.5. The van der Waals surface area contributed by atoms with Crippen molar-refractivity contribution >= 4 is 11.8 Å². The van der Waals surface area contributed by atoms with Crippen LogP contribution in [0.1, 0.15) is 48.7 Å². The zero-order valence-corrected chi connectivity index (χ0v) is 15.2. The van der Waals surface area contributed by atoms with Gasteiger partial charge in [0.2, 0.25) is 5.91 Å². The molecule has 6 heteroatoms. The first-order valence-electron chi connectivity index (χ1n) is 9.39. The molecule has 1 saturated carbocycles. The van der Waals surface area contributed by atoms with Gasteiger partial charge in [0.1, 0.15) is 0 Å². The van der Waals surface area contributed by atoms with Gasteiger partial charge in [-0.1, -0.05) is 38.0 Å². The van der Waals surface area contributed by atoms with Crippen molar-refractivity contribution in [3.05, 3.63) is 47.8 Å². The standard InChI is InChI=1S/C20H26N4O2/c1-2-18-17(14-23-24(18)16-10-4-3-5-11-16)20(26)22-13-12-21-19(25)15-8-6-7-9-15/h3-5,10-11,14-15H,2,6-9,12-13H2,1H3,(H,21,25)(H,22,26). The summed E-state index contributed by atoms with van der Waals surface area (Å²) >= 11 is 0. The predicted molar refractivity (Wildman–Crippen MR) is 100 cm³/mol. The lowest BCUT2D eigenvalue weighted by atomic mass is 10.1. The molecule has 0 unspecified atom stereocenters. The van der Waals surface area contributed by atoms with Crippen LogP contribution >= 0.6 is 0 Å². The van der Waals surface area contributed by atoms with Crippen LogP contribution in [-0.4, -0.2) is 34.7 Å². The number of aromatic nitrogens is 2. The molecular weight excluding hydrogens is 328 g/mol. The Morgan fingerprint density at radius 3 is 2.50 bits per heavy atom. The molecule has 0 radical (unpaired) electrons. The lowest BCUT2D eigenvalue weighted by molar-refractivity contribution is -0.124. The Morgan fingerprint density at radius 2 is 1.81 bits per heavy atom. The Labute approximate surface area is 154 Å². The molecule has 1 aliphatic rings. The van der Waals surface area contributed by atoms with Crippen LogP contribution in [0.15, 0.2) is 36.5 Å². The van der Waals surface area contributed by atoms with Crippen LogP contribution in [-0.2, 0) is 11.2 Å². The maximum atomic E-state index is 12.5. The highest BCUT2D eigenvalue weighted by Crippen LogP contribution is 2.24. The molecular formula is C20H26N4O2. The fourth-order valence-corrected chi connectivity index (χ4v) is 3.48.